The topological polar surface area (TPSA) is 997 Å². The van der Waals surface area contributed by atoms with Crippen LogP contribution >= 0.6 is 0 Å². The minimum absolute atomic E-state index is 0.856. The second kappa shape index (κ2) is 53.2. The van der Waals surface area contributed by atoms with Crippen LogP contribution in [0.2, 0.25) is 0 Å². The molecule has 3 amide bonds. The van der Waals surface area contributed by atoms with Crippen LogP contribution in [0, 0.1) is 0 Å². The zero-order valence-electron chi connectivity index (χ0n) is 80.5. The average Bonchev–Trinajstić information content (AvgIpc) is 0.757. The van der Waals surface area contributed by atoms with E-state index in [1.165, 1.54) is 34.6 Å². The van der Waals surface area contributed by atoms with Crippen molar-refractivity contribution in [3.63, 3.8) is 0 Å². The summed E-state index contributed by atoms with van der Waals surface area (Å²) >= 11 is 0. The van der Waals surface area contributed by atoms with E-state index in [1.54, 1.807) is 0 Å². The van der Waals surface area contributed by atoms with E-state index in [0.717, 1.165) is 20.8 Å². The Labute approximate surface area is 840 Å². The molecule has 64 heteroatoms. The molecule has 148 heavy (non-hydrogen) atoms. The summed E-state index contributed by atoms with van der Waals surface area (Å²) < 4.78 is 147. The molecule has 0 aromatic carbocycles. The van der Waals surface area contributed by atoms with E-state index in [4.69, 9.17) is 114 Å². The van der Waals surface area contributed by atoms with Gasteiger partial charge in [0, 0.05) is 20.8 Å². The largest absolute Gasteiger partial charge is 0.394 e. The molecular weight excluding hydrogens is 2030 g/mol. The van der Waals surface area contributed by atoms with E-state index < -0.39 is 470 Å². The first-order valence-corrected chi connectivity index (χ1v) is 47.9. The van der Waals surface area contributed by atoms with Crippen LogP contribution in [0.1, 0.15) is 55.4 Å². The molecule has 0 aliphatic carbocycles. The first-order valence-electron chi connectivity index (χ1n) is 47.9. The second-order valence-corrected chi connectivity index (χ2v) is 38.3. The molecule has 12 aliphatic heterocycles. The maximum atomic E-state index is 14.0. The van der Waals surface area contributed by atoms with Crippen LogP contribution in [0.15, 0.2) is 0 Å². The average molecular weight is 2170 g/mol. The van der Waals surface area contributed by atoms with Gasteiger partial charge in [-0.15, -0.1) is 0 Å². The standard InChI is InChI=1S/C84H143N3O61/c1-18-38(101)48(111)55(118)76(126-18)139-64-32(15-94)135-74(36(86-24(7)97)67(64)143-83-71(53(116)44(107)28(11-90)132-83)147-79-58(121)51(114)41(104)21(4)129-79)145-69-46(109)30(13-92)131-81(60(69)123)141-63-31(14-93)134-73(35(85-23(6)96)66(63)142-78-57(120)50(113)40(103)20(3)128-78)125-17-34-47(110)70(61(124)82(137-34)138-62(27(100)10-89)43(106)26(99)9-88)146-75-37(87-25(8)98)68(65(33(16-95)136-75)140-77-56(119)49(112)39(102)19(2)127-77)144-84-72(54(117)45(108)29(12-91)133-84)148-80-59(122)52(115)42(105)22(5)130-80/h18-22,26-84,88-95,99-124H,9-17H2,1-8H3,(H,85,96)(H,86,97)(H,87,98)/t18-,19-,20-,21-,22-,26-,27+,28+,29+,30+,31+,32+,33+,34+,35+,36+,37+,38+,39+,40+,41+,42+,43+,44-,45-,46-,47-,48+,49+,50+,51+,52+,53-,54-,55-,56-,57-,58-,59-,60+,61+,62+,63+,64+,65+,66+,67+,68+,69-,70-,71+,72+,73+,74-,75-,76-,77-,78-,79-,80-,81-,82-,83-,84-/m0/s1. The van der Waals surface area contributed by atoms with Gasteiger partial charge in [-0.2, -0.15) is 0 Å². The van der Waals surface area contributed by atoms with Gasteiger partial charge < -0.3 is 303 Å². The number of ether oxygens (including phenoxy) is 24. The Kier molecular flexibility index (Phi) is 44.1. The van der Waals surface area contributed by atoms with Gasteiger partial charge in [0.2, 0.25) is 17.7 Å². The normalized spacial score (nSPS) is 50.3. The first-order chi connectivity index (χ1) is 69.8. The highest BCUT2D eigenvalue weighted by atomic mass is 16.8. The molecule has 12 aliphatic rings. The van der Waals surface area contributed by atoms with Crippen LogP contribution in [0.4, 0.5) is 0 Å². The van der Waals surface area contributed by atoms with E-state index in [-0.39, 0.29) is 0 Å². The Morgan fingerprint density at radius 2 is 0.466 bits per heavy atom. The van der Waals surface area contributed by atoms with E-state index in [2.05, 4.69) is 16.0 Å². The van der Waals surface area contributed by atoms with Crippen molar-refractivity contribution in [3.8, 4) is 0 Å². The van der Waals surface area contributed by atoms with E-state index in [0.29, 0.717) is 0 Å². The lowest BCUT2D eigenvalue weighted by Gasteiger charge is -2.52. The van der Waals surface area contributed by atoms with Gasteiger partial charge in [-0.1, -0.05) is 0 Å². The number of amides is 3. The zero-order chi connectivity index (χ0) is 109. The number of hydrogen-bond acceptors (Lipinski definition) is 61. The molecule has 37 N–H and O–H groups in total. The number of aliphatic hydroxyl groups excluding tert-OH is 34. The molecule has 12 rings (SSSR count). The maximum absolute atomic E-state index is 14.0. The van der Waals surface area contributed by atoms with Gasteiger partial charge in [0.1, 0.15) is 287 Å². The van der Waals surface area contributed by atoms with Crippen molar-refractivity contribution in [2.75, 3.05) is 59.5 Å². The number of carbonyl (C=O) groups excluding carboxylic acids is 3. The Balaban J connectivity index is 0.903. The summed E-state index contributed by atoms with van der Waals surface area (Å²) in [4.78, 5) is 41.7. The highest BCUT2D eigenvalue weighted by molar-refractivity contribution is 5.74. The second-order valence-electron chi connectivity index (χ2n) is 38.3. The van der Waals surface area contributed by atoms with Gasteiger partial charge in [-0.25, -0.2) is 0 Å². The third kappa shape index (κ3) is 26.8. The first kappa shape index (κ1) is 123. The monoisotopic (exact) mass is 2170 g/mol. The van der Waals surface area contributed by atoms with Crippen molar-refractivity contribution < 1.29 is 302 Å². The zero-order valence-corrected chi connectivity index (χ0v) is 80.5. The summed E-state index contributed by atoms with van der Waals surface area (Å²) in [6.07, 6.45) is -131. The van der Waals surface area contributed by atoms with Crippen molar-refractivity contribution in [1.82, 2.24) is 16.0 Å². The van der Waals surface area contributed by atoms with Crippen LogP contribution in [-0.4, -0.2) is 644 Å². The van der Waals surface area contributed by atoms with Gasteiger partial charge in [-0.05, 0) is 34.6 Å². The predicted octanol–water partition coefficient (Wildman–Crippen LogP) is -24.1. The number of carbonyl (C=O) groups is 3. The molecule has 0 aromatic heterocycles. The summed E-state index contributed by atoms with van der Waals surface area (Å²) in [5.74, 6) is -3.30. The molecule has 0 aromatic rings. The molecule has 0 bridgehead atoms. The van der Waals surface area contributed by atoms with Gasteiger partial charge in [-0.3, -0.25) is 14.4 Å². The van der Waals surface area contributed by atoms with Crippen molar-refractivity contribution in [3.05, 3.63) is 0 Å². The maximum Gasteiger partial charge on any atom is 0.217 e. The molecule has 860 valence electrons. The van der Waals surface area contributed by atoms with E-state index >= 15 is 0 Å². The predicted molar refractivity (Wildman–Crippen MR) is 458 cm³/mol. The van der Waals surface area contributed by atoms with Crippen LogP contribution in [0.25, 0.3) is 0 Å². The van der Waals surface area contributed by atoms with Crippen LogP contribution in [0.5, 0.6) is 0 Å². The van der Waals surface area contributed by atoms with Crippen molar-refractivity contribution in [2.24, 2.45) is 0 Å². The lowest BCUT2D eigenvalue weighted by molar-refractivity contribution is -0.402. The molecule has 0 unspecified atom stereocenters. The number of nitrogens with one attached hydrogen (secondary N) is 3. The third-order valence-corrected chi connectivity index (χ3v) is 27.9. The fraction of sp³-hybridized carbons (Fsp3) is 0.964. The summed E-state index contributed by atoms with van der Waals surface area (Å²) in [5.41, 5.74) is 0. The molecule has 64 atom stereocenters. The molecular formula is C84H143N3O61. The summed E-state index contributed by atoms with van der Waals surface area (Å²) in [7, 11) is 0. The van der Waals surface area contributed by atoms with Crippen molar-refractivity contribution >= 4 is 17.7 Å². The molecule has 64 nitrogen and oxygen atoms in total. The van der Waals surface area contributed by atoms with Crippen LogP contribution < -0.4 is 16.0 Å². The Morgan fingerprint density at radius 3 is 0.770 bits per heavy atom. The number of rotatable bonds is 39. The summed E-state index contributed by atoms with van der Waals surface area (Å²) in [6, 6.07) is -6.55. The third-order valence-electron chi connectivity index (χ3n) is 27.9. The Morgan fingerprint density at radius 1 is 0.230 bits per heavy atom. The quantitative estimate of drug-likeness (QED) is 0.0272. The Bertz CT molecular complexity index is 4060. The minimum Gasteiger partial charge on any atom is -0.394 e. The number of aliphatic hydroxyl groups is 34. The highest BCUT2D eigenvalue weighted by Crippen LogP contribution is 2.44. The number of hydrogen-bond donors (Lipinski definition) is 37. The SMILES string of the molecule is CC(=O)N[C@H]1[C@H](O[C@H]2[C@@H](O)[C@@H](CO[C@@H]3O[C@H](CO)[C@@H](O[C@@H]4O[C@H](CO)[C@H](O)[C@H](O[C@@H]5O[C@H](CO)[C@@H](O[C@@H]6O[C@@H](C)[C@@H](O)[C@@H](O)[C@@H]6O)[C@H](O[C@@H]6O[C@H](CO)[C@H](O)[C@H](O)[C@H]6O[C@@H]6O[C@@H](C)[C@@H](O)[C@@H](O)[C@@H]6O)[C@H]5NC(C)=O)[C@H]4O)[C@H](O[C@@H]4O[C@@H](C)[C@@H](O)[C@@H](O)[C@@H]4O)[C@H]3NC(C)=O)O[C@@H](O[C@@H]([C@H](O)[C@@H](O)CO)[C@H](O)CO)[C@@H]2O)O[C@H](CO)[C@@H](O[C@@H]2O[C@@H](C)[C@@H](O)[C@@H](O)[C@@H]2O)[C@@H]1O[C@@H]1O[C@H](CO)[C@H](O)[C@H](O)[C@H]1O[C@@H]1O[C@@H](C)[C@@H](O)[C@@H](O)[C@@H]1O. The van der Waals surface area contributed by atoms with Gasteiger partial charge in [0.25, 0.3) is 0 Å². The van der Waals surface area contributed by atoms with Gasteiger partial charge in [0.15, 0.2) is 75.5 Å². The molecule has 12 saturated heterocycles. The lowest BCUT2D eigenvalue weighted by atomic mass is 9.93. The van der Waals surface area contributed by atoms with Crippen molar-refractivity contribution in [2.45, 2.75) is 448 Å². The summed E-state index contributed by atoms with van der Waals surface area (Å²) in [6.45, 7) is -2.97. The lowest BCUT2D eigenvalue weighted by Crippen LogP contribution is -2.72. The van der Waals surface area contributed by atoms with Gasteiger partial charge >= 0.3 is 0 Å². The summed E-state index contributed by atoms with van der Waals surface area (Å²) in [5, 5.41) is 392. The fourth-order valence-corrected chi connectivity index (χ4v) is 19.3. The Hall–Kier alpha value is -3.91. The molecule has 0 spiro atoms. The van der Waals surface area contributed by atoms with Crippen LogP contribution in [-0.2, 0) is 128 Å². The molecule has 12 heterocycles. The van der Waals surface area contributed by atoms with E-state index in [9.17, 15) is 188 Å². The minimum atomic E-state index is -2.69. The van der Waals surface area contributed by atoms with Crippen LogP contribution in [0.3, 0.4) is 0 Å². The molecule has 12 fully saturated rings. The van der Waals surface area contributed by atoms with E-state index in [1.807, 2.05) is 0 Å². The van der Waals surface area contributed by atoms with Crippen molar-refractivity contribution in [1.29, 1.82) is 0 Å². The molecule has 0 radical (unpaired) electrons. The fourth-order valence-electron chi connectivity index (χ4n) is 19.3. The smallest absolute Gasteiger partial charge is 0.217 e. The van der Waals surface area contributed by atoms with Gasteiger partial charge in [0.05, 0.1) is 90.0 Å². The highest BCUT2D eigenvalue weighted by Gasteiger charge is 2.65. The molecule has 0 saturated carbocycles.